The smallest absolute Gasteiger partial charge is 0.0219 e. The zero-order valence-corrected chi connectivity index (χ0v) is 9.68. The van der Waals surface area contributed by atoms with Crippen molar-refractivity contribution in [3.63, 3.8) is 0 Å². The third kappa shape index (κ3) is 2.91. The van der Waals surface area contributed by atoms with Crippen LogP contribution in [-0.4, -0.2) is 0 Å². The molecule has 0 bridgehead atoms. The van der Waals surface area contributed by atoms with E-state index >= 15 is 0 Å². The van der Waals surface area contributed by atoms with Crippen LogP contribution in [0.15, 0.2) is 41.1 Å². The van der Waals surface area contributed by atoms with Crippen molar-refractivity contribution in [2.24, 2.45) is 0 Å². The molecule has 0 aliphatic carbocycles. The average molecular weight is 217 g/mol. The monoisotopic (exact) mass is 217 g/mol. The largest absolute Gasteiger partial charge is 0.309 e. The molecule has 1 aromatic carbocycles. The molecule has 0 atom stereocenters. The van der Waals surface area contributed by atoms with Gasteiger partial charge in [-0.2, -0.15) is 11.3 Å². The molecule has 0 fully saturated rings. The Bertz CT molecular complexity index is 405. The van der Waals surface area contributed by atoms with E-state index in [0.29, 0.717) is 0 Å². The van der Waals surface area contributed by atoms with Gasteiger partial charge in [0.1, 0.15) is 0 Å². The fraction of sp³-hybridized carbons (Fsp3) is 0.231. The third-order valence-electron chi connectivity index (χ3n) is 2.45. The first-order chi connectivity index (χ1) is 7.36. The normalized spacial score (nSPS) is 10.5. The quantitative estimate of drug-likeness (QED) is 0.828. The minimum Gasteiger partial charge on any atom is -0.309 e. The molecule has 1 aromatic heterocycles. The van der Waals surface area contributed by atoms with Gasteiger partial charge in [-0.3, -0.25) is 0 Å². The molecule has 0 spiro atoms. The van der Waals surface area contributed by atoms with E-state index in [1.165, 1.54) is 16.7 Å². The molecule has 78 valence electrons. The Balaban J connectivity index is 1.83. The van der Waals surface area contributed by atoms with Crippen molar-refractivity contribution in [3.8, 4) is 0 Å². The van der Waals surface area contributed by atoms with E-state index in [2.05, 4.69) is 47.3 Å². The van der Waals surface area contributed by atoms with Crippen LogP contribution >= 0.6 is 11.3 Å². The summed E-state index contributed by atoms with van der Waals surface area (Å²) in [5, 5.41) is 7.86. The summed E-state index contributed by atoms with van der Waals surface area (Å²) in [5.74, 6) is 0. The Morgan fingerprint density at radius 1 is 1.07 bits per heavy atom. The van der Waals surface area contributed by atoms with Gasteiger partial charge in [0.25, 0.3) is 0 Å². The average Bonchev–Trinajstić information content (AvgIpc) is 2.66. The maximum absolute atomic E-state index is 3.45. The Morgan fingerprint density at radius 2 is 1.87 bits per heavy atom. The number of hydrogen-bond donors (Lipinski definition) is 1. The fourth-order valence-electron chi connectivity index (χ4n) is 1.51. The molecule has 2 heteroatoms. The van der Waals surface area contributed by atoms with Crippen molar-refractivity contribution < 1.29 is 0 Å². The van der Waals surface area contributed by atoms with E-state index < -0.39 is 0 Å². The molecule has 0 saturated carbocycles. The molecule has 1 nitrogen and oxygen atoms in total. The van der Waals surface area contributed by atoms with E-state index in [9.17, 15) is 0 Å². The van der Waals surface area contributed by atoms with Crippen LogP contribution in [0.4, 0.5) is 0 Å². The fourth-order valence-corrected chi connectivity index (χ4v) is 2.36. The van der Waals surface area contributed by atoms with E-state index in [1.54, 1.807) is 11.3 Å². The van der Waals surface area contributed by atoms with Gasteiger partial charge in [-0.05, 0) is 34.4 Å². The van der Waals surface area contributed by atoms with Gasteiger partial charge in [0.05, 0.1) is 0 Å². The molecule has 2 aromatic rings. The van der Waals surface area contributed by atoms with Crippen LogP contribution in [-0.2, 0) is 13.1 Å². The Kier molecular flexibility index (Phi) is 3.54. The number of hydrogen-bond acceptors (Lipinski definition) is 2. The molecule has 1 N–H and O–H groups in total. The van der Waals surface area contributed by atoms with Crippen molar-refractivity contribution in [2.45, 2.75) is 20.0 Å². The Morgan fingerprint density at radius 3 is 2.53 bits per heavy atom. The second kappa shape index (κ2) is 5.10. The van der Waals surface area contributed by atoms with Crippen LogP contribution in [0, 0.1) is 6.92 Å². The van der Waals surface area contributed by atoms with Gasteiger partial charge in [0.2, 0.25) is 0 Å². The molecule has 0 radical (unpaired) electrons. The standard InChI is InChI=1S/C13H15NS/c1-11-9-15-10-13(11)8-14-7-12-5-3-2-4-6-12/h2-6,9-10,14H,7-8H2,1H3. The number of rotatable bonds is 4. The minimum atomic E-state index is 0.941. The summed E-state index contributed by atoms with van der Waals surface area (Å²) in [4.78, 5) is 0. The van der Waals surface area contributed by atoms with Crippen LogP contribution in [0.3, 0.4) is 0 Å². The SMILES string of the molecule is Cc1cscc1CNCc1ccccc1. The first-order valence-corrected chi connectivity index (χ1v) is 6.07. The first kappa shape index (κ1) is 10.4. The number of nitrogens with one attached hydrogen (secondary N) is 1. The summed E-state index contributed by atoms with van der Waals surface area (Å²) in [7, 11) is 0. The lowest BCUT2D eigenvalue weighted by Gasteiger charge is -2.04. The highest BCUT2D eigenvalue weighted by Crippen LogP contribution is 2.13. The Labute approximate surface area is 94.8 Å². The first-order valence-electron chi connectivity index (χ1n) is 5.12. The van der Waals surface area contributed by atoms with Gasteiger partial charge in [-0.25, -0.2) is 0 Å². The molecular formula is C13H15NS. The maximum Gasteiger partial charge on any atom is 0.0219 e. The molecular weight excluding hydrogens is 202 g/mol. The van der Waals surface area contributed by atoms with Gasteiger partial charge in [0, 0.05) is 13.1 Å². The highest BCUT2D eigenvalue weighted by Gasteiger charge is 1.98. The molecule has 2 rings (SSSR count). The minimum absolute atomic E-state index is 0.941. The molecule has 0 saturated heterocycles. The van der Waals surface area contributed by atoms with Crippen LogP contribution in [0.1, 0.15) is 16.7 Å². The highest BCUT2D eigenvalue weighted by atomic mass is 32.1. The summed E-state index contributed by atoms with van der Waals surface area (Å²) in [6, 6.07) is 10.5. The van der Waals surface area contributed by atoms with Gasteiger partial charge < -0.3 is 5.32 Å². The van der Waals surface area contributed by atoms with Crippen LogP contribution < -0.4 is 5.32 Å². The molecule has 0 unspecified atom stereocenters. The molecule has 0 amide bonds. The van der Waals surface area contributed by atoms with Crippen molar-refractivity contribution in [2.75, 3.05) is 0 Å². The van der Waals surface area contributed by atoms with Crippen LogP contribution in [0.5, 0.6) is 0 Å². The van der Waals surface area contributed by atoms with E-state index in [0.717, 1.165) is 13.1 Å². The van der Waals surface area contributed by atoms with E-state index in [1.807, 2.05) is 6.07 Å². The summed E-state index contributed by atoms with van der Waals surface area (Å²) < 4.78 is 0. The predicted octanol–water partition coefficient (Wildman–Crippen LogP) is 3.35. The zero-order valence-electron chi connectivity index (χ0n) is 8.86. The van der Waals surface area contributed by atoms with Crippen molar-refractivity contribution in [3.05, 3.63) is 57.8 Å². The molecule has 1 heterocycles. The topological polar surface area (TPSA) is 12.0 Å². The lowest BCUT2D eigenvalue weighted by molar-refractivity contribution is 0.692. The summed E-state index contributed by atoms with van der Waals surface area (Å²) in [5.41, 5.74) is 4.14. The molecule has 0 aliphatic heterocycles. The lowest BCUT2D eigenvalue weighted by atomic mass is 10.2. The second-order valence-corrected chi connectivity index (χ2v) is 4.41. The van der Waals surface area contributed by atoms with Crippen LogP contribution in [0.2, 0.25) is 0 Å². The van der Waals surface area contributed by atoms with Crippen LogP contribution in [0.25, 0.3) is 0 Å². The summed E-state index contributed by atoms with van der Waals surface area (Å²) in [6.07, 6.45) is 0. The Hall–Kier alpha value is -1.12. The highest BCUT2D eigenvalue weighted by molar-refractivity contribution is 7.08. The molecule has 15 heavy (non-hydrogen) atoms. The van der Waals surface area contributed by atoms with Gasteiger partial charge in [-0.15, -0.1) is 0 Å². The second-order valence-electron chi connectivity index (χ2n) is 3.67. The number of thiophene rings is 1. The zero-order chi connectivity index (χ0) is 10.5. The summed E-state index contributed by atoms with van der Waals surface area (Å²) in [6.45, 7) is 4.07. The summed E-state index contributed by atoms with van der Waals surface area (Å²) >= 11 is 1.77. The van der Waals surface area contributed by atoms with Crippen molar-refractivity contribution >= 4 is 11.3 Å². The predicted molar refractivity (Wildman–Crippen MR) is 66.0 cm³/mol. The maximum atomic E-state index is 3.45. The number of aryl methyl sites for hydroxylation is 1. The third-order valence-corrected chi connectivity index (χ3v) is 3.36. The lowest BCUT2D eigenvalue weighted by Crippen LogP contribution is -2.12. The van der Waals surface area contributed by atoms with E-state index in [4.69, 9.17) is 0 Å². The number of benzene rings is 1. The van der Waals surface area contributed by atoms with Crippen molar-refractivity contribution in [1.29, 1.82) is 0 Å². The molecule has 0 aliphatic rings. The van der Waals surface area contributed by atoms with Gasteiger partial charge in [-0.1, -0.05) is 30.3 Å². The van der Waals surface area contributed by atoms with Crippen molar-refractivity contribution in [1.82, 2.24) is 5.32 Å². The van der Waals surface area contributed by atoms with E-state index in [-0.39, 0.29) is 0 Å². The van der Waals surface area contributed by atoms with Gasteiger partial charge >= 0.3 is 0 Å². The van der Waals surface area contributed by atoms with Gasteiger partial charge in [0.15, 0.2) is 0 Å².